The summed E-state index contributed by atoms with van der Waals surface area (Å²) >= 11 is 0. The van der Waals surface area contributed by atoms with E-state index in [1.807, 2.05) is 0 Å². The Kier molecular flexibility index (Phi) is 7.14. The summed E-state index contributed by atoms with van der Waals surface area (Å²) in [6.07, 6.45) is 3.83. The van der Waals surface area contributed by atoms with Gasteiger partial charge in [-0.1, -0.05) is 34.1 Å². The fourth-order valence-corrected chi connectivity index (χ4v) is 3.59. The molecule has 2 N–H and O–H groups in total. The number of carbonyl (C=O) groups excluding carboxylic acids is 1. The average molecular weight is 298 g/mol. The Morgan fingerprint density at radius 1 is 1.29 bits per heavy atom. The summed E-state index contributed by atoms with van der Waals surface area (Å²) in [5, 5.41) is 0. The second-order valence-corrected chi connectivity index (χ2v) is 7.46. The number of nitrogens with two attached hydrogens (primary N) is 1. The third-order valence-corrected chi connectivity index (χ3v) is 4.48. The maximum absolute atomic E-state index is 12.0. The zero-order valence-corrected chi connectivity index (χ0v) is 14.5. The van der Waals surface area contributed by atoms with Crippen LogP contribution in [0.3, 0.4) is 0 Å². The number of rotatable bonds is 8. The van der Waals surface area contributed by atoms with Crippen LogP contribution in [0.2, 0.25) is 0 Å². The van der Waals surface area contributed by atoms with E-state index < -0.39 is 5.54 Å². The number of hydrogen-bond donors (Lipinski definition) is 1. The van der Waals surface area contributed by atoms with Crippen molar-refractivity contribution in [2.75, 3.05) is 26.7 Å². The molecule has 0 heterocycles. The minimum Gasteiger partial charge on any atom is -0.468 e. The topological polar surface area (TPSA) is 55.6 Å². The molecule has 124 valence electrons. The van der Waals surface area contributed by atoms with Crippen LogP contribution in [0.1, 0.15) is 53.4 Å². The van der Waals surface area contributed by atoms with Crippen molar-refractivity contribution in [3.63, 3.8) is 0 Å². The van der Waals surface area contributed by atoms with Crippen molar-refractivity contribution in [1.82, 2.24) is 4.90 Å². The number of carbonyl (C=O) groups is 1. The molecule has 0 bridgehead atoms. The summed E-state index contributed by atoms with van der Waals surface area (Å²) in [7, 11) is 1.44. The Hall–Kier alpha value is -0.610. The Labute approximate surface area is 130 Å². The van der Waals surface area contributed by atoms with Gasteiger partial charge in [0.15, 0.2) is 0 Å². The van der Waals surface area contributed by atoms with Gasteiger partial charge in [0.25, 0.3) is 0 Å². The molecule has 1 aliphatic rings. The molecular weight excluding hydrogens is 264 g/mol. The van der Waals surface area contributed by atoms with Crippen molar-refractivity contribution in [1.29, 1.82) is 0 Å². The summed E-state index contributed by atoms with van der Waals surface area (Å²) < 4.78 is 4.93. The first kappa shape index (κ1) is 18.4. The van der Waals surface area contributed by atoms with Crippen molar-refractivity contribution in [2.24, 2.45) is 23.5 Å². The first-order valence-corrected chi connectivity index (χ1v) is 8.39. The van der Waals surface area contributed by atoms with Gasteiger partial charge in [-0.05, 0) is 43.6 Å². The molecule has 1 saturated carbocycles. The van der Waals surface area contributed by atoms with E-state index in [9.17, 15) is 4.79 Å². The zero-order valence-electron chi connectivity index (χ0n) is 14.5. The molecule has 0 aromatic carbocycles. The van der Waals surface area contributed by atoms with Gasteiger partial charge < -0.3 is 15.4 Å². The molecule has 2 atom stereocenters. The fourth-order valence-electron chi connectivity index (χ4n) is 3.59. The molecule has 0 aromatic heterocycles. The molecule has 1 aliphatic carbocycles. The Morgan fingerprint density at radius 2 is 1.86 bits per heavy atom. The highest BCUT2D eigenvalue weighted by Gasteiger charge is 2.46. The highest BCUT2D eigenvalue weighted by atomic mass is 16.5. The second-order valence-electron chi connectivity index (χ2n) is 7.46. The maximum atomic E-state index is 12.0. The van der Waals surface area contributed by atoms with Crippen LogP contribution >= 0.6 is 0 Å². The van der Waals surface area contributed by atoms with Gasteiger partial charge in [0, 0.05) is 13.1 Å². The molecule has 0 saturated heterocycles. The third kappa shape index (κ3) is 5.26. The van der Waals surface area contributed by atoms with Crippen molar-refractivity contribution >= 4 is 5.97 Å². The average Bonchev–Trinajstić information content (AvgIpc) is 2.76. The molecule has 0 aromatic rings. The molecule has 2 unspecified atom stereocenters. The lowest BCUT2D eigenvalue weighted by molar-refractivity contribution is -0.148. The first-order chi connectivity index (χ1) is 9.79. The minimum atomic E-state index is -0.754. The van der Waals surface area contributed by atoms with Gasteiger partial charge in [0.05, 0.1) is 7.11 Å². The van der Waals surface area contributed by atoms with Crippen molar-refractivity contribution < 1.29 is 9.53 Å². The van der Waals surface area contributed by atoms with E-state index >= 15 is 0 Å². The SMILES string of the molecule is COC(=O)C1(N)CCCC1CCN(CC(C)C)CC(C)C. The van der Waals surface area contributed by atoms with Gasteiger partial charge in [-0.3, -0.25) is 4.79 Å². The Bertz CT molecular complexity index is 321. The molecule has 4 nitrogen and oxygen atoms in total. The summed E-state index contributed by atoms with van der Waals surface area (Å²) in [4.78, 5) is 14.5. The second kappa shape index (κ2) is 8.14. The smallest absolute Gasteiger partial charge is 0.326 e. The highest BCUT2D eigenvalue weighted by molar-refractivity contribution is 5.81. The van der Waals surface area contributed by atoms with E-state index in [-0.39, 0.29) is 11.9 Å². The van der Waals surface area contributed by atoms with E-state index in [1.165, 1.54) is 7.11 Å². The molecule has 1 fully saturated rings. The van der Waals surface area contributed by atoms with Gasteiger partial charge in [-0.2, -0.15) is 0 Å². The maximum Gasteiger partial charge on any atom is 0.326 e. The number of nitrogens with zero attached hydrogens (tertiary/aromatic N) is 1. The normalized spacial score (nSPS) is 26.0. The van der Waals surface area contributed by atoms with Gasteiger partial charge in [0.1, 0.15) is 5.54 Å². The van der Waals surface area contributed by atoms with Crippen LogP contribution in [0.25, 0.3) is 0 Å². The third-order valence-electron chi connectivity index (χ3n) is 4.48. The van der Waals surface area contributed by atoms with Crippen LogP contribution in [0.5, 0.6) is 0 Å². The van der Waals surface area contributed by atoms with Crippen LogP contribution < -0.4 is 5.73 Å². The fraction of sp³-hybridized carbons (Fsp3) is 0.941. The molecule has 0 spiro atoms. The van der Waals surface area contributed by atoms with Crippen molar-refractivity contribution in [3.8, 4) is 0 Å². The number of esters is 1. The predicted molar refractivity (Wildman–Crippen MR) is 87.0 cm³/mol. The van der Waals surface area contributed by atoms with E-state index in [4.69, 9.17) is 10.5 Å². The molecule has 4 heteroatoms. The van der Waals surface area contributed by atoms with Crippen molar-refractivity contribution in [2.45, 2.75) is 58.9 Å². The van der Waals surface area contributed by atoms with Gasteiger partial charge >= 0.3 is 5.97 Å². The van der Waals surface area contributed by atoms with Crippen LogP contribution in [0.4, 0.5) is 0 Å². The van der Waals surface area contributed by atoms with Crippen LogP contribution in [0.15, 0.2) is 0 Å². The quantitative estimate of drug-likeness (QED) is 0.700. The lowest BCUT2D eigenvalue weighted by Crippen LogP contribution is -2.52. The van der Waals surface area contributed by atoms with Crippen LogP contribution in [-0.4, -0.2) is 43.2 Å². The molecule has 0 aliphatic heterocycles. The number of methoxy groups -OCH3 is 1. The molecular formula is C17H34N2O2. The van der Waals surface area contributed by atoms with Gasteiger partial charge in [-0.15, -0.1) is 0 Å². The Morgan fingerprint density at radius 3 is 2.33 bits per heavy atom. The summed E-state index contributed by atoms with van der Waals surface area (Å²) in [5.74, 6) is 1.35. The molecule has 1 rings (SSSR count). The van der Waals surface area contributed by atoms with Crippen LogP contribution in [-0.2, 0) is 9.53 Å². The standard InChI is InChI=1S/C17H34N2O2/c1-13(2)11-19(12-14(3)4)10-8-15-7-6-9-17(15,18)16(20)21-5/h13-15H,6-12,18H2,1-5H3. The largest absolute Gasteiger partial charge is 0.468 e. The highest BCUT2D eigenvalue weighted by Crippen LogP contribution is 2.37. The van der Waals surface area contributed by atoms with Gasteiger partial charge in [-0.25, -0.2) is 0 Å². The van der Waals surface area contributed by atoms with Crippen molar-refractivity contribution in [3.05, 3.63) is 0 Å². The predicted octanol–water partition coefficient (Wildman–Crippen LogP) is 2.66. The lowest BCUT2D eigenvalue weighted by atomic mass is 9.85. The zero-order chi connectivity index (χ0) is 16.0. The number of ether oxygens (including phenoxy) is 1. The summed E-state index contributed by atoms with van der Waals surface area (Å²) in [5.41, 5.74) is 5.60. The minimum absolute atomic E-state index is 0.232. The molecule has 0 radical (unpaired) electrons. The van der Waals surface area contributed by atoms with Crippen LogP contribution in [0, 0.1) is 17.8 Å². The van der Waals surface area contributed by atoms with E-state index in [0.29, 0.717) is 11.8 Å². The summed E-state index contributed by atoms with van der Waals surface area (Å²) in [6, 6.07) is 0. The Balaban J connectivity index is 2.59. The van der Waals surface area contributed by atoms with E-state index in [2.05, 4.69) is 32.6 Å². The first-order valence-electron chi connectivity index (χ1n) is 8.39. The molecule has 21 heavy (non-hydrogen) atoms. The lowest BCUT2D eigenvalue weighted by Gasteiger charge is -2.32. The van der Waals surface area contributed by atoms with E-state index in [0.717, 1.165) is 45.3 Å². The summed E-state index contributed by atoms with van der Waals surface area (Å²) in [6.45, 7) is 12.3. The van der Waals surface area contributed by atoms with Gasteiger partial charge in [0.2, 0.25) is 0 Å². The number of hydrogen-bond acceptors (Lipinski definition) is 4. The van der Waals surface area contributed by atoms with E-state index in [1.54, 1.807) is 0 Å². The molecule has 0 amide bonds. The monoisotopic (exact) mass is 298 g/mol.